The molecular weight excluding hydrogens is 332 g/mol. The highest BCUT2D eigenvalue weighted by atomic mass is 79.9. The number of halogens is 1. The van der Waals surface area contributed by atoms with Crippen molar-refractivity contribution >= 4 is 15.9 Å². The SMILES string of the molecule is Cc1cc(C(O)C2CCOC3(CCOCC3)C2)ccc1Br. The second-order valence-corrected chi connectivity index (χ2v) is 7.20. The van der Waals surface area contributed by atoms with Gasteiger partial charge in [0.1, 0.15) is 0 Å². The van der Waals surface area contributed by atoms with Gasteiger partial charge in [-0.15, -0.1) is 0 Å². The van der Waals surface area contributed by atoms with Crippen molar-refractivity contribution in [3.05, 3.63) is 33.8 Å². The summed E-state index contributed by atoms with van der Waals surface area (Å²) in [4.78, 5) is 0. The number of hydrogen-bond donors (Lipinski definition) is 1. The predicted molar refractivity (Wildman–Crippen MR) is 85.3 cm³/mol. The molecule has 2 heterocycles. The topological polar surface area (TPSA) is 38.7 Å². The van der Waals surface area contributed by atoms with Gasteiger partial charge in [0.15, 0.2) is 0 Å². The van der Waals surface area contributed by atoms with Crippen molar-refractivity contribution in [2.75, 3.05) is 19.8 Å². The quantitative estimate of drug-likeness (QED) is 0.878. The molecule has 1 N–H and O–H groups in total. The standard InChI is InChI=1S/C17H23BrO3/c1-12-10-13(2-3-15(12)18)16(19)14-4-7-21-17(11-14)5-8-20-9-6-17/h2-3,10,14,16,19H,4-9,11H2,1H3. The Morgan fingerprint density at radius 1 is 1.29 bits per heavy atom. The summed E-state index contributed by atoms with van der Waals surface area (Å²) in [6, 6.07) is 6.13. The van der Waals surface area contributed by atoms with Crippen LogP contribution in [0.15, 0.2) is 22.7 Å². The average molecular weight is 355 g/mol. The first-order chi connectivity index (χ1) is 10.1. The Balaban J connectivity index is 1.74. The number of benzene rings is 1. The van der Waals surface area contributed by atoms with Gasteiger partial charge in [0.05, 0.1) is 11.7 Å². The molecule has 2 aliphatic rings. The average Bonchev–Trinajstić information content (AvgIpc) is 2.50. The fourth-order valence-electron chi connectivity index (χ4n) is 3.55. The van der Waals surface area contributed by atoms with Crippen molar-refractivity contribution in [3.8, 4) is 0 Å². The number of rotatable bonds is 2. The molecule has 0 saturated carbocycles. The van der Waals surface area contributed by atoms with Crippen molar-refractivity contribution in [3.63, 3.8) is 0 Å². The van der Waals surface area contributed by atoms with Crippen LogP contribution in [0.1, 0.15) is 42.9 Å². The van der Waals surface area contributed by atoms with Gasteiger partial charge in [-0.1, -0.05) is 28.1 Å². The van der Waals surface area contributed by atoms with Crippen LogP contribution in [-0.4, -0.2) is 30.5 Å². The van der Waals surface area contributed by atoms with E-state index >= 15 is 0 Å². The van der Waals surface area contributed by atoms with Gasteiger partial charge in [0, 0.05) is 24.3 Å². The van der Waals surface area contributed by atoms with Crippen molar-refractivity contribution in [2.24, 2.45) is 5.92 Å². The second kappa shape index (κ2) is 6.37. The largest absolute Gasteiger partial charge is 0.388 e. The summed E-state index contributed by atoms with van der Waals surface area (Å²) in [5.41, 5.74) is 2.12. The third kappa shape index (κ3) is 3.34. The Labute approximate surface area is 134 Å². The first kappa shape index (κ1) is 15.5. The number of ether oxygens (including phenoxy) is 2. The van der Waals surface area contributed by atoms with Gasteiger partial charge in [-0.25, -0.2) is 0 Å². The fourth-order valence-corrected chi connectivity index (χ4v) is 3.80. The molecule has 2 aliphatic heterocycles. The van der Waals surface area contributed by atoms with E-state index < -0.39 is 6.10 Å². The van der Waals surface area contributed by atoms with Crippen LogP contribution < -0.4 is 0 Å². The molecule has 3 nitrogen and oxygen atoms in total. The molecule has 3 rings (SSSR count). The van der Waals surface area contributed by atoms with E-state index in [1.807, 2.05) is 12.1 Å². The third-order valence-electron chi connectivity index (χ3n) is 4.91. The van der Waals surface area contributed by atoms with Crippen LogP contribution in [0.25, 0.3) is 0 Å². The van der Waals surface area contributed by atoms with E-state index in [-0.39, 0.29) is 11.5 Å². The van der Waals surface area contributed by atoms with Crippen molar-refractivity contribution in [1.82, 2.24) is 0 Å². The van der Waals surface area contributed by atoms with E-state index in [9.17, 15) is 5.11 Å². The van der Waals surface area contributed by atoms with E-state index in [4.69, 9.17) is 9.47 Å². The summed E-state index contributed by atoms with van der Waals surface area (Å²) < 4.78 is 12.6. The molecule has 21 heavy (non-hydrogen) atoms. The van der Waals surface area contributed by atoms with Crippen LogP contribution in [0.3, 0.4) is 0 Å². The first-order valence-corrected chi connectivity index (χ1v) is 8.55. The Kier molecular flexibility index (Phi) is 4.69. The van der Waals surface area contributed by atoms with E-state index in [0.29, 0.717) is 0 Å². The Bertz CT molecular complexity index is 491. The minimum absolute atomic E-state index is 0.0629. The van der Waals surface area contributed by atoms with E-state index in [1.165, 1.54) is 5.56 Å². The third-order valence-corrected chi connectivity index (χ3v) is 5.79. The highest BCUT2D eigenvalue weighted by Gasteiger charge is 2.41. The van der Waals surface area contributed by atoms with Gasteiger partial charge in [-0.2, -0.15) is 0 Å². The van der Waals surface area contributed by atoms with Gasteiger partial charge >= 0.3 is 0 Å². The molecule has 0 radical (unpaired) electrons. The maximum absolute atomic E-state index is 10.8. The van der Waals surface area contributed by atoms with Crippen LogP contribution in [0, 0.1) is 12.8 Å². The van der Waals surface area contributed by atoms with Crippen LogP contribution in [0.5, 0.6) is 0 Å². The number of aryl methyl sites for hydroxylation is 1. The van der Waals surface area contributed by atoms with Gasteiger partial charge < -0.3 is 14.6 Å². The summed E-state index contributed by atoms with van der Waals surface area (Å²) in [5, 5.41) is 10.8. The van der Waals surface area contributed by atoms with Crippen LogP contribution in [-0.2, 0) is 9.47 Å². The highest BCUT2D eigenvalue weighted by Crippen LogP contribution is 2.42. The summed E-state index contributed by atoms with van der Waals surface area (Å²) in [5.74, 6) is 0.275. The van der Waals surface area contributed by atoms with Crippen molar-refractivity contribution in [1.29, 1.82) is 0 Å². The molecule has 1 aromatic carbocycles. The fraction of sp³-hybridized carbons (Fsp3) is 0.647. The molecule has 2 fully saturated rings. The molecule has 2 unspecified atom stereocenters. The summed E-state index contributed by atoms with van der Waals surface area (Å²) >= 11 is 3.52. The lowest BCUT2D eigenvalue weighted by Gasteiger charge is -2.44. The van der Waals surface area contributed by atoms with E-state index in [1.54, 1.807) is 0 Å². The molecule has 4 heteroatoms. The normalized spacial score (nSPS) is 26.7. The Hall–Kier alpha value is -0.420. The lowest BCUT2D eigenvalue weighted by atomic mass is 9.77. The minimum atomic E-state index is -0.402. The lowest BCUT2D eigenvalue weighted by molar-refractivity contribution is -0.159. The Morgan fingerprint density at radius 2 is 2.05 bits per heavy atom. The zero-order valence-electron chi connectivity index (χ0n) is 12.5. The maximum atomic E-state index is 10.8. The van der Waals surface area contributed by atoms with Crippen LogP contribution in [0.4, 0.5) is 0 Å². The Morgan fingerprint density at radius 3 is 2.76 bits per heavy atom. The molecule has 0 amide bonds. The van der Waals surface area contributed by atoms with E-state index in [0.717, 1.165) is 55.5 Å². The zero-order chi connectivity index (χ0) is 14.9. The summed E-state index contributed by atoms with van der Waals surface area (Å²) in [6.45, 7) is 4.36. The molecule has 116 valence electrons. The second-order valence-electron chi connectivity index (χ2n) is 6.35. The van der Waals surface area contributed by atoms with Crippen molar-refractivity contribution in [2.45, 2.75) is 44.3 Å². The maximum Gasteiger partial charge on any atom is 0.0820 e. The molecule has 2 atom stereocenters. The number of aliphatic hydroxyl groups excluding tert-OH is 1. The van der Waals surface area contributed by atoms with Gasteiger partial charge in [0.2, 0.25) is 0 Å². The van der Waals surface area contributed by atoms with Crippen LogP contribution >= 0.6 is 15.9 Å². The van der Waals surface area contributed by atoms with Gasteiger partial charge in [-0.05, 0) is 55.7 Å². The molecule has 0 bridgehead atoms. The first-order valence-electron chi connectivity index (χ1n) is 7.75. The molecule has 0 aromatic heterocycles. The smallest absolute Gasteiger partial charge is 0.0820 e. The summed E-state index contributed by atoms with van der Waals surface area (Å²) in [7, 11) is 0. The minimum Gasteiger partial charge on any atom is -0.388 e. The number of aliphatic hydroxyl groups is 1. The van der Waals surface area contributed by atoms with E-state index in [2.05, 4.69) is 28.9 Å². The highest BCUT2D eigenvalue weighted by molar-refractivity contribution is 9.10. The van der Waals surface area contributed by atoms with Gasteiger partial charge in [-0.3, -0.25) is 0 Å². The van der Waals surface area contributed by atoms with Crippen molar-refractivity contribution < 1.29 is 14.6 Å². The molecule has 2 saturated heterocycles. The molecule has 1 spiro atoms. The van der Waals surface area contributed by atoms with Crippen LogP contribution in [0.2, 0.25) is 0 Å². The summed E-state index contributed by atoms with van der Waals surface area (Å²) in [6.07, 6.45) is 3.37. The number of hydrogen-bond acceptors (Lipinski definition) is 3. The van der Waals surface area contributed by atoms with Gasteiger partial charge in [0.25, 0.3) is 0 Å². The lowest BCUT2D eigenvalue weighted by Crippen LogP contribution is -2.45. The molecule has 0 aliphatic carbocycles. The monoisotopic (exact) mass is 354 g/mol. The predicted octanol–water partition coefficient (Wildman–Crippen LogP) is 3.77. The zero-order valence-corrected chi connectivity index (χ0v) is 14.1. The molecule has 1 aromatic rings. The molecular formula is C17H23BrO3.